The summed E-state index contributed by atoms with van der Waals surface area (Å²) in [5, 5.41) is 9.17. The molecule has 0 aliphatic carbocycles. The van der Waals surface area contributed by atoms with Gasteiger partial charge in [-0.25, -0.2) is 4.79 Å². The van der Waals surface area contributed by atoms with Gasteiger partial charge in [0.25, 0.3) is 0 Å². The van der Waals surface area contributed by atoms with E-state index in [1.54, 1.807) is 18.2 Å². The standard InChI is InChI=1S/C13H14N2O4/c1-18-9-4-3-7(5-10(9)19-2)12-11(13(16)17)8(14)6-15-12/h3-6,15H,14H2,1-2H3,(H,16,17). The van der Waals surface area contributed by atoms with Gasteiger partial charge in [-0.15, -0.1) is 0 Å². The Morgan fingerprint density at radius 3 is 2.53 bits per heavy atom. The summed E-state index contributed by atoms with van der Waals surface area (Å²) in [5.74, 6) is 0.00991. The number of carbonyl (C=O) groups is 1. The number of anilines is 1. The fourth-order valence-electron chi connectivity index (χ4n) is 1.89. The van der Waals surface area contributed by atoms with Crippen LogP contribution >= 0.6 is 0 Å². The Morgan fingerprint density at radius 1 is 1.26 bits per heavy atom. The van der Waals surface area contributed by atoms with E-state index < -0.39 is 5.97 Å². The molecule has 0 saturated heterocycles. The maximum atomic E-state index is 11.2. The lowest BCUT2D eigenvalue weighted by Gasteiger charge is -2.09. The van der Waals surface area contributed by atoms with Crippen molar-refractivity contribution in [3.05, 3.63) is 30.0 Å². The van der Waals surface area contributed by atoms with Gasteiger partial charge in [0.1, 0.15) is 5.56 Å². The Balaban J connectivity index is 2.57. The van der Waals surface area contributed by atoms with Gasteiger partial charge in [-0.05, 0) is 18.2 Å². The first kappa shape index (κ1) is 12.8. The molecule has 100 valence electrons. The van der Waals surface area contributed by atoms with Gasteiger partial charge in [0.05, 0.1) is 25.6 Å². The quantitative estimate of drug-likeness (QED) is 0.782. The Hall–Kier alpha value is -2.63. The molecule has 1 aromatic carbocycles. The lowest BCUT2D eigenvalue weighted by molar-refractivity contribution is 0.0699. The number of aromatic carboxylic acids is 1. The third-order valence-electron chi connectivity index (χ3n) is 2.80. The average molecular weight is 262 g/mol. The highest BCUT2D eigenvalue weighted by atomic mass is 16.5. The third-order valence-corrected chi connectivity index (χ3v) is 2.80. The van der Waals surface area contributed by atoms with Gasteiger partial charge in [-0.1, -0.05) is 0 Å². The van der Waals surface area contributed by atoms with E-state index in [-0.39, 0.29) is 11.3 Å². The van der Waals surface area contributed by atoms with E-state index in [4.69, 9.17) is 20.3 Å². The van der Waals surface area contributed by atoms with Crippen LogP contribution in [0.1, 0.15) is 10.4 Å². The first-order chi connectivity index (χ1) is 9.08. The van der Waals surface area contributed by atoms with Gasteiger partial charge in [-0.2, -0.15) is 0 Å². The summed E-state index contributed by atoms with van der Waals surface area (Å²) >= 11 is 0. The number of methoxy groups -OCH3 is 2. The van der Waals surface area contributed by atoms with E-state index in [0.29, 0.717) is 22.8 Å². The smallest absolute Gasteiger partial charge is 0.340 e. The van der Waals surface area contributed by atoms with Gasteiger partial charge >= 0.3 is 5.97 Å². The molecule has 6 nitrogen and oxygen atoms in total. The highest BCUT2D eigenvalue weighted by molar-refractivity contribution is 6.00. The van der Waals surface area contributed by atoms with Crippen molar-refractivity contribution in [3.63, 3.8) is 0 Å². The first-order valence-electron chi connectivity index (χ1n) is 5.51. The van der Waals surface area contributed by atoms with Gasteiger partial charge < -0.3 is 25.3 Å². The van der Waals surface area contributed by atoms with Crippen LogP contribution in [0.2, 0.25) is 0 Å². The van der Waals surface area contributed by atoms with Crippen LogP contribution in [0.5, 0.6) is 11.5 Å². The third kappa shape index (κ3) is 2.20. The molecule has 1 heterocycles. The maximum Gasteiger partial charge on any atom is 0.340 e. The monoisotopic (exact) mass is 262 g/mol. The van der Waals surface area contributed by atoms with Crippen LogP contribution in [0.4, 0.5) is 5.69 Å². The summed E-state index contributed by atoms with van der Waals surface area (Å²) in [5.41, 5.74) is 6.97. The second kappa shape index (κ2) is 4.93. The highest BCUT2D eigenvalue weighted by Gasteiger charge is 2.18. The van der Waals surface area contributed by atoms with Crippen LogP contribution in [-0.2, 0) is 0 Å². The van der Waals surface area contributed by atoms with Crippen molar-refractivity contribution in [2.24, 2.45) is 0 Å². The Bertz CT molecular complexity index is 619. The molecular formula is C13H14N2O4. The molecule has 0 unspecified atom stereocenters. The van der Waals surface area contributed by atoms with Crippen LogP contribution in [0, 0.1) is 0 Å². The van der Waals surface area contributed by atoms with E-state index in [1.807, 2.05) is 0 Å². The number of aromatic amines is 1. The van der Waals surface area contributed by atoms with E-state index in [2.05, 4.69) is 4.98 Å². The summed E-state index contributed by atoms with van der Waals surface area (Å²) < 4.78 is 10.3. The van der Waals surface area contributed by atoms with Crippen LogP contribution in [0.25, 0.3) is 11.3 Å². The topological polar surface area (TPSA) is 97.6 Å². The zero-order chi connectivity index (χ0) is 14.0. The largest absolute Gasteiger partial charge is 0.493 e. The van der Waals surface area contributed by atoms with Crippen LogP contribution < -0.4 is 15.2 Å². The minimum Gasteiger partial charge on any atom is -0.493 e. The van der Waals surface area contributed by atoms with Crippen LogP contribution in [0.15, 0.2) is 24.4 Å². The number of H-pyrrole nitrogens is 1. The number of nitrogens with two attached hydrogens (primary N) is 1. The van der Waals surface area contributed by atoms with Gasteiger partial charge in [0, 0.05) is 11.8 Å². The van der Waals surface area contributed by atoms with Crippen molar-refractivity contribution in [3.8, 4) is 22.8 Å². The molecule has 0 aliphatic heterocycles. The first-order valence-corrected chi connectivity index (χ1v) is 5.51. The molecule has 0 fully saturated rings. The molecule has 0 aliphatic rings. The molecule has 0 amide bonds. The summed E-state index contributed by atoms with van der Waals surface area (Å²) in [4.78, 5) is 14.1. The van der Waals surface area contributed by atoms with E-state index >= 15 is 0 Å². The fraction of sp³-hybridized carbons (Fsp3) is 0.154. The number of benzene rings is 1. The zero-order valence-electron chi connectivity index (χ0n) is 10.6. The molecule has 0 atom stereocenters. The number of hydrogen-bond acceptors (Lipinski definition) is 4. The van der Waals surface area contributed by atoms with Gasteiger partial charge in [-0.3, -0.25) is 0 Å². The number of nitrogens with one attached hydrogen (secondary N) is 1. The Kier molecular flexibility index (Phi) is 3.33. The summed E-state index contributed by atoms with van der Waals surface area (Å²) in [7, 11) is 3.05. The number of nitrogen functional groups attached to an aromatic ring is 1. The fourth-order valence-corrected chi connectivity index (χ4v) is 1.89. The summed E-state index contributed by atoms with van der Waals surface area (Å²) in [6.45, 7) is 0. The minimum absolute atomic E-state index is 0.0484. The number of aromatic nitrogens is 1. The summed E-state index contributed by atoms with van der Waals surface area (Å²) in [6, 6.07) is 5.13. The van der Waals surface area contributed by atoms with Crippen molar-refractivity contribution in [2.75, 3.05) is 20.0 Å². The van der Waals surface area contributed by atoms with Crippen molar-refractivity contribution < 1.29 is 19.4 Å². The minimum atomic E-state index is -1.08. The number of rotatable bonds is 4. The molecule has 0 saturated carbocycles. The van der Waals surface area contributed by atoms with Gasteiger partial charge in [0.15, 0.2) is 11.5 Å². The van der Waals surface area contributed by atoms with Crippen molar-refractivity contribution >= 4 is 11.7 Å². The number of hydrogen-bond donors (Lipinski definition) is 3. The Labute approximate surface area is 109 Å². The van der Waals surface area contributed by atoms with Crippen LogP contribution in [0.3, 0.4) is 0 Å². The van der Waals surface area contributed by atoms with E-state index in [1.165, 1.54) is 20.4 Å². The van der Waals surface area contributed by atoms with E-state index in [9.17, 15) is 4.79 Å². The SMILES string of the molecule is COc1ccc(-c2[nH]cc(N)c2C(=O)O)cc1OC. The maximum absolute atomic E-state index is 11.2. The number of carboxylic acids is 1. The molecule has 0 spiro atoms. The predicted molar refractivity (Wildman–Crippen MR) is 70.7 cm³/mol. The van der Waals surface area contributed by atoms with Crippen molar-refractivity contribution in [1.82, 2.24) is 4.98 Å². The second-order valence-corrected chi connectivity index (χ2v) is 3.87. The van der Waals surface area contributed by atoms with Gasteiger partial charge in [0.2, 0.25) is 0 Å². The molecule has 6 heteroatoms. The molecule has 1 aromatic heterocycles. The molecular weight excluding hydrogens is 248 g/mol. The van der Waals surface area contributed by atoms with E-state index in [0.717, 1.165) is 0 Å². The lowest BCUT2D eigenvalue weighted by atomic mass is 10.1. The molecule has 4 N–H and O–H groups in total. The molecule has 0 bridgehead atoms. The lowest BCUT2D eigenvalue weighted by Crippen LogP contribution is -2.01. The zero-order valence-corrected chi connectivity index (χ0v) is 10.6. The second-order valence-electron chi connectivity index (χ2n) is 3.87. The number of carboxylic acid groups (broad SMARTS) is 1. The summed E-state index contributed by atoms with van der Waals surface area (Å²) in [6.07, 6.45) is 1.45. The normalized spacial score (nSPS) is 10.2. The average Bonchev–Trinajstić information content (AvgIpc) is 2.79. The highest BCUT2D eigenvalue weighted by Crippen LogP contribution is 2.34. The number of ether oxygens (including phenoxy) is 2. The van der Waals surface area contributed by atoms with Crippen molar-refractivity contribution in [2.45, 2.75) is 0 Å². The molecule has 19 heavy (non-hydrogen) atoms. The molecule has 0 radical (unpaired) electrons. The van der Waals surface area contributed by atoms with Crippen LogP contribution in [-0.4, -0.2) is 30.3 Å². The predicted octanol–water partition coefficient (Wildman–Crippen LogP) is 1.98. The Morgan fingerprint density at radius 2 is 1.95 bits per heavy atom. The molecule has 2 aromatic rings. The molecule has 2 rings (SSSR count). The van der Waals surface area contributed by atoms with Crippen molar-refractivity contribution in [1.29, 1.82) is 0 Å².